The van der Waals surface area contributed by atoms with E-state index in [2.05, 4.69) is 15.6 Å². The summed E-state index contributed by atoms with van der Waals surface area (Å²) in [5.41, 5.74) is 2.13. The molecule has 2 rings (SSSR count). The van der Waals surface area contributed by atoms with Gasteiger partial charge in [-0.05, 0) is 17.9 Å². The molecule has 0 unspecified atom stereocenters. The van der Waals surface area contributed by atoms with E-state index in [4.69, 9.17) is 11.6 Å². The number of hydrogen-bond donors (Lipinski definition) is 2. The van der Waals surface area contributed by atoms with Crippen molar-refractivity contribution in [2.75, 3.05) is 18.4 Å². The van der Waals surface area contributed by atoms with Crippen molar-refractivity contribution in [3.05, 3.63) is 15.3 Å². The number of anilines is 1. The van der Waals surface area contributed by atoms with Crippen LogP contribution in [0.2, 0.25) is 4.34 Å². The van der Waals surface area contributed by atoms with Gasteiger partial charge in [-0.1, -0.05) is 11.6 Å². The lowest BCUT2D eigenvalue weighted by Crippen LogP contribution is -2.26. The molecule has 0 aromatic carbocycles. The van der Waals surface area contributed by atoms with Crippen LogP contribution in [0.15, 0.2) is 10.4 Å². The smallest absolute Gasteiger partial charge is 0.195 e. The number of aryl methyl sites for hydroxylation is 1. The number of thiophene rings is 1. The lowest BCUT2D eigenvalue weighted by molar-refractivity contribution is 0.959. The quantitative estimate of drug-likeness (QED) is 0.753. The third kappa shape index (κ3) is 1.78. The van der Waals surface area contributed by atoms with Crippen LogP contribution < -0.4 is 10.6 Å². The Labute approximate surface area is 85.8 Å². The normalized spacial score (nSPS) is 15.4. The van der Waals surface area contributed by atoms with E-state index in [0.29, 0.717) is 0 Å². The molecule has 2 heterocycles. The molecule has 1 aliphatic heterocycles. The highest BCUT2D eigenvalue weighted by molar-refractivity contribution is 7.15. The number of hydrogen-bond acceptors (Lipinski definition) is 4. The first-order valence-corrected chi connectivity index (χ1v) is 5.32. The second kappa shape index (κ2) is 3.55. The van der Waals surface area contributed by atoms with Gasteiger partial charge in [0, 0.05) is 6.54 Å². The van der Waals surface area contributed by atoms with Crippen molar-refractivity contribution in [3.8, 4) is 0 Å². The Kier molecular flexibility index (Phi) is 2.42. The Morgan fingerprint density at radius 2 is 2.54 bits per heavy atom. The lowest BCUT2D eigenvalue weighted by Gasteiger charge is -2.05. The van der Waals surface area contributed by atoms with Gasteiger partial charge in [0.15, 0.2) is 5.96 Å². The lowest BCUT2D eigenvalue weighted by atomic mass is 10.3. The van der Waals surface area contributed by atoms with E-state index in [0.717, 1.165) is 34.6 Å². The fourth-order valence-electron chi connectivity index (χ4n) is 1.16. The Morgan fingerprint density at radius 3 is 3.08 bits per heavy atom. The minimum Gasteiger partial charge on any atom is -0.354 e. The Hall–Kier alpha value is -0.740. The summed E-state index contributed by atoms with van der Waals surface area (Å²) in [6.07, 6.45) is 0. The second-order valence-electron chi connectivity index (χ2n) is 2.85. The van der Waals surface area contributed by atoms with Gasteiger partial charge in [-0.25, -0.2) is 0 Å². The molecular formula is C8H10ClN3S. The number of aliphatic imine (C=N–C) groups is 1. The third-order valence-electron chi connectivity index (χ3n) is 1.85. The van der Waals surface area contributed by atoms with Gasteiger partial charge >= 0.3 is 0 Å². The molecule has 0 saturated carbocycles. The van der Waals surface area contributed by atoms with Gasteiger partial charge in [0.2, 0.25) is 0 Å². The Morgan fingerprint density at radius 1 is 1.69 bits per heavy atom. The van der Waals surface area contributed by atoms with Crippen molar-refractivity contribution < 1.29 is 0 Å². The monoisotopic (exact) mass is 215 g/mol. The van der Waals surface area contributed by atoms with Crippen molar-refractivity contribution in [3.63, 3.8) is 0 Å². The maximum Gasteiger partial charge on any atom is 0.195 e. The van der Waals surface area contributed by atoms with Crippen LogP contribution in [0.3, 0.4) is 0 Å². The number of halogens is 1. The first kappa shape index (κ1) is 8.84. The molecule has 70 valence electrons. The van der Waals surface area contributed by atoms with E-state index < -0.39 is 0 Å². The van der Waals surface area contributed by atoms with Crippen LogP contribution in [0, 0.1) is 6.92 Å². The molecule has 0 aliphatic carbocycles. The summed E-state index contributed by atoms with van der Waals surface area (Å²) < 4.78 is 0.786. The van der Waals surface area contributed by atoms with Gasteiger partial charge in [-0.2, -0.15) is 0 Å². The van der Waals surface area contributed by atoms with E-state index >= 15 is 0 Å². The zero-order chi connectivity index (χ0) is 9.26. The predicted molar refractivity (Wildman–Crippen MR) is 58.0 cm³/mol. The summed E-state index contributed by atoms with van der Waals surface area (Å²) in [5.74, 6) is 0.823. The summed E-state index contributed by atoms with van der Waals surface area (Å²) in [6, 6.07) is 0. The molecule has 3 nitrogen and oxygen atoms in total. The summed E-state index contributed by atoms with van der Waals surface area (Å²) in [7, 11) is 0. The van der Waals surface area contributed by atoms with Crippen LogP contribution >= 0.6 is 22.9 Å². The predicted octanol–water partition coefficient (Wildman–Crippen LogP) is 2.08. The van der Waals surface area contributed by atoms with Gasteiger partial charge < -0.3 is 10.6 Å². The van der Waals surface area contributed by atoms with Crippen molar-refractivity contribution in [2.45, 2.75) is 6.92 Å². The Bertz CT molecular complexity index is 326. The van der Waals surface area contributed by atoms with Crippen LogP contribution in [0.4, 0.5) is 5.69 Å². The average Bonchev–Trinajstić information content (AvgIpc) is 2.70. The molecule has 2 N–H and O–H groups in total. The summed E-state index contributed by atoms with van der Waals surface area (Å²) in [5, 5.41) is 8.34. The molecule has 0 bridgehead atoms. The van der Waals surface area contributed by atoms with Crippen LogP contribution in [-0.2, 0) is 0 Å². The molecule has 1 aromatic rings. The van der Waals surface area contributed by atoms with E-state index in [1.54, 1.807) is 0 Å². The SMILES string of the molecule is Cc1csc(Cl)c1NC1=NCCN1. The maximum atomic E-state index is 6.00. The first-order valence-electron chi connectivity index (χ1n) is 4.06. The minimum atomic E-state index is 0.786. The minimum absolute atomic E-state index is 0.786. The van der Waals surface area contributed by atoms with Crippen LogP contribution in [0.25, 0.3) is 0 Å². The molecule has 1 aliphatic rings. The van der Waals surface area contributed by atoms with E-state index in [-0.39, 0.29) is 0 Å². The summed E-state index contributed by atoms with van der Waals surface area (Å²) in [4.78, 5) is 4.23. The highest BCUT2D eigenvalue weighted by Crippen LogP contribution is 2.32. The van der Waals surface area contributed by atoms with E-state index in [1.807, 2.05) is 12.3 Å². The van der Waals surface area contributed by atoms with Gasteiger partial charge in [0.05, 0.1) is 12.2 Å². The molecule has 0 fully saturated rings. The molecule has 0 spiro atoms. The number of rotatable bonds is 1. The van der Waals surface area contributed by atoms with Gasteiger partial charge in [0.25, 0.3) is 0 Å². The van der Waals surface area contributed by atoms with Gasteiger partial charge in [0.1, 0.15) is 4.34 Å². The van der Waals surface area contributed by atoms with Crippen LogP contribution in [0.5, 0.6) is 0 Å². The van der Waals surface area contributed by atoms with Crippen molar-refractivity contribution in [2.24, 2.45) is 4.99 Å². The van der Waals surface area contributed by atoms with Crippen molar-refractivity contribution >= 4 is 34.6 Å². The molecule has 0 saturated heterocycles. The van der Waals surface area contributed by atoms with Crippen LogP contribution in [-0.4, -0.2) is 19.0 Å². The first-order chi connectivity index (χ1) is 6.27. The molecule has 1 aromatic heterocycles. The highest BCUT2D eigenvalue weighted by Gasteiger charge is 2.10. The number of nitrogens with one attached hydrogen (secondary N) is 2. The van der Waals surface area contributed by atoms with Crippen molar-refractivity contribution in [1.29, 1.82) is 0 Å². The van der Waals surface area contributed by atoms with Crippen LogP contribution in [0.1, 0.15) is 5.56 Å². The molecular weight excluding hydrogens is 206 g/mol. The van der Waals surface area contributed by atoms with E-state index in [9.17, 15) is 0 Å². The molecule has 0 atom stereocenters. The molecule has 0 radical (unpaired) electrons. The van der Waals surface area contributed by atoms with Gasteiger partial charge in [-0.15, -0.1) is 11.3 Å². The summed E-state index contributed by atoms with van der Waals surface area (Å²) >= 11 is 7.53. The zero-order valence-corrected chi connectivity index (χ0v) is 8.80. The highest BCUT2D eigenvalue weighted by atomic mass is 35.5. The topological polar surface area (TPSA) is 36.4 Å². The largest absolute Gasteiger partial charge is 0.354 e. The Balaban J connectivity index is 2.16. The fraction of sp³-hybridized carbons (Fsp3) is 0.375. The number of guanidine groups is 1. The van der Waals surface area contributed by atoms with E-state index in [1.165, 1.54) is 11.3 Å². The standard InChI is InChI=1S/C8H10ClN3S/c1-5-4-13-7(9)6(5)12-8-10-2-3-11-8/h4H,2-3H2,1H3,(H2,10,11,12). The van der Waals surface area contributed by atoms with Crippen molar-refractivity contribution in [1.82, 2.24) is 5.32 Å². The molecule has 0 amide bonds. The molecule has 13 heavy (non-hydrogen) atoms. The maximum absolute atomic E-state index is 6.00. The average molecular weight is 216 g/mol. The third-order valence-corrected chi connectivity index (χ3v) is 3.19. The zero-order valence-electron chi connectivity index (χ0n) is 7.22. The molecule has 5 heteroatoms. The van der Waals surface area contributed by atoms with Gasteiger partial charge in [-0.3, -0.25) is 4.99 Å². The fourth-order valence-corrected chi connectivity index (χ4v) is 2.22. The number of nitrogens with zero attached hydrogens (tertiary/aromatic N) is 1. The summed E-state index contributed by atoms with van der Waals surface area (Å²) in [6.45, 7) is 3.77. The second-order valence-corrected chi connectivity index (χ2v) is 4.33.